The molecule has 114 valence electrons. The van der Waals surface area contributed by atoms with Crippen molar-refractivity contribution >= 4 is 5.91 Å². The smallest absolute Gasteiger partial charge is 0.271 e. The van der Waals surface area contributed by atoms with E-state index in [4.69, 9.17) is 5.11 Å². The van der Waals surface area contributed by atoms with Crippen molar-refractivity contribution in [3.63, 3.8) is 0 Å². The van der Waals surface area contributed by atoms with Gasteiger partial charge < -0.3 is 10.4 Å². The number of rotatable bonds is 7. The highest BCUT2D eigenvalue weighted by Gasteiger charge is 2.10. The Hall–Kier alpha value is -1.86. The molecule has 0 saturated heterocycles. The summed E-state index contributed by atoms with van der Waals surface area (Å²) in [7, 11) is 0. The average molecular weight is 288 g/mol. The molecule has 0 radical (unpaired) electrons. The molecule has 1 aromatic rings. The molecule has 1 heterocycles. The Morgan fingerprint density at radius 3 is 2.95 bits per heavy atom. The molecule has 0 aliphatic heterocycles. The summed E-state index contributed by atoms with van der Waals surface area (Å²) in [6, 6.07) is 3.52. The van der Waals surface area contributed by atoms with E-state index in [0.717, 1.165) is 12.8 Å². The molecule has 1 aromatic heterocycles. The third kappa shape index (κ3) is 6.92. The van der Waals surface area contributed by atoms with Crippen LogP contribution in [0.5, 0.6) is 0 Å². The zero-order valence-corrected chi connectivity index (χ0v) is 12.9. The summed E-state index contributed by atoms with van der Waals surface area (Å²) in [5.74, 6) is 6.21. The fraction of sp³-hybridized carbons (Fsp3) is 0.529. The number of aliphatic hydroxyl groups is 1. The van der Waals surface area contributed by atoms with Crippen molar-refractivity contribution in [3.05, 3.63) is 29.6 Å². The van der Waals surface area contributed by atoms with E-state index >= 15 is 0 Å². The first-order valence-electron chi connectivity index (χ1n) is 7.48. The van der Waals surface area contributed by atoms with Gasteiger partial charge in [-0.15, -0.1) is 0 Å². The first-order chi connectivity index (χ1) is 10.1. The van der Waals surface area contributed by atoms with Crippen LogP contribution in [0.15, 0.2) is 18.3 Å². The van der Waals surface area contributed by atoms with Crippen molar-refractivity contribution in [2.24, 2.45) is 5.92 Å². The van der Waals surface area contributed by atoms with Crippen molar-refractivity contribution in [1.29, 1.82) is 0 Å². The number of unbranched alkanes of at least 4 members (excludes halogenated alkanes) is 1. The van der Waals surface area contributed by atoms with Crippen LogP contribution in [0.25, 0.3) is 0 Å². The van der Waals surface area contributed by atoms with Gasteiger partial charge in [0.1, 0.15) is 5.69 Å². The van der Waals surface area contributed by atoms with Gasteiger partial charge in [-0.25, -0.2) is 4.98 Å². The largest absolute Gasteiger partial charge is 0.395 e. The average Bonchev–Trinajstić information content (AvgIpc) is 2.47. The summed E-state index contributed by atoms with van der Waals surface area (Å²) < 4.78 is 0. The lowest BCUT2D eigenvalue weighted by Crippen LogP contribution is -2.26. The molecule has 0 spiro atoms. The molecule has 0 saturated carbocycles. The number of carbonyl (C=O) groups excluding carboxylic acids is 1. The highest BCUT2D eigenvalue weighted by atomic mass is 16.2. The number of pyridine rings is 1. The summed E-state index contributed by atoms with van der Waals surface area (Å²) in [6.45, 7) is 5.07. The van der Waals surface area contributed by atoms with Crippen molar-refractivity contribution < 1.29 is 9.90 Å². The molecule has 0 aliphatic carbocycles. The third-order valence-corrected chi connectivity index (χ3v) is 2.98. The van der Waals surface area contributed by atoms with Crippen LogP contribution in [-0.4, -0.2) is 29.1 Å². The van der Waals surface area contributed by atoms with E-state index in [9.17, 15) is 4.79 Å². The van der Waals surface area contributed by atoms with Gasteiger partial charge in [0.2, 0.25) is 0 Å². The molecule has 0 unspecified atom stereocenters. The second-order valence-corrected chi connectivity index (χ2v) is 5.32. The number of hydrogen-bond donors (Lipinski definition) is 2. The van der Waals surface area contributed by atoms with Gasteiger partial charge in [-0.2, -0.15) is 0 Å². The van der Waals surface area contributed by atoms with Gasteiger partial charge >= 0.3 is 0 Å². The van der Waals surface area contributed by atoms with Crippen molar-refractivity contribution in [3.8, 4) is 11.8 Å². The van der Waals surface area contributed by atoms with Gasteiger partial charge in [0.25, 0.3) is 5.91 Å². The van der Waals surface area contributed by atoms with Crippen LogP contribution in [-0.2, 0) is 0 Å². The first-order valence-corrected chi connectivity index (χ1v) is 7.48. The van der Waals surface area contributed by atoms with Crippen LogP contribution in [0.1, 0.15) is 55.6 Å². The minimum absolute atomic E-state index is 0.0185. The fourth-order valence-electron chi connectivity index (χ4n) is 1.86. The quantitative estimate of drug-likeness (QED) is 0.598. The molecule has 0 bridgehead atoms. The molecule has 0 aromatic carbocycles. The van der Waals surface area contributed by atoms with Gasteiger partial charge in [0, 0.05) is 19.2 Å². The van der Waals surface area contributed by atoms with Crippen LogP contribution >= 0.6 is 0 Å². The summed E-state index contributed by atoms with van der Waals surface area (Å²) >= 11 is 0. The van der Waals surface area contributed by atoms with Crippen molar-refractivity contribution in [2.45, 2.75) is 39.5 Å². The Kier molecular flexibility index (Phi) is 8.15. The number of aromatic nitrogens is 1. The third-order valence-electron chi connectivity index (χ3n) is 2.98. The molecule has 2 N–H and O–H groups in total. The second-order valence-electron chi connectivity index (χ2n) is 5.32. The van der Waals surface area contributed by atoms with Gasteiger partial charge in [-0.3, -0.25) is 4.79 Å². The number of hydrogen-bond acceptors (Lipinski definition) is 3. The Morgan fingerprint density at radius 2 is 2.24 bits per heavy atom. The molecule has 0 aliphatic rings. The van der Waals surface area contributed by atoms with Crippen LogP contribution in [0.3, 0.4) is 0 Å². The standard InChI is InChI=1S/C17H24N2O2/c1-14(2)8-3-5-11-19-17(21)16-15(9-4-6-13-20)10-7-12-18-16/h7,10,12,14,20H,3,5-6,8,11,13H2,1-2H3,(H,19,21). The van der Waals surface area contributed by atoms with E-state index in [2.05, 4.69) is 36.0 Å². The van der Waals surface area contributed by atoms with Crippen LogP contribution in [0.4, 0.5) is 0 Å². The lowest BCUT2D eigenvalue weighted by molar-refractivity contribution is 0.0947. The maximum absolute atomic E-state index is 12.1. The summed E-state index contributed by atoms with van der Waals surface area (Å²) in [5, 5.41) is 11.6. The Balaban J connectivity index is 2.52. The van der Waals surface area contributed by atoms with E-state index in [0.29, 0.717) is 30.1 Å². The predicted octanol–water partition coefficient (Wildman–Crippen LogP) is 2.37. The van der Waals surface area contributed by atoms with Crippen LogP contribution in [0, 0.1) is 17.8 Å². The van der Waals surface area contributed by atoms with E-state index in [1.807, 2.05) is 0 Å². The van der Waals surface area contributed by atoms with Crippen molar-refractivity contribution in [2.75, 3.05) is 13.2 Å². The zero-order valence-electron chi connectivity index (χ0n) is 12.9. The minimum atomic E-state index is -0.187. The lowest BCUT2D eigenvalue weighted by Gasteiger charge is -2.07. The summed E-state index contributed by atoms with van der Waals surface area (Å²) in [6.07, 6.45) is 5.25. The van der Waals surface area contributed by atoms with E-state index in [1.54, 1.807) is 18.3 Å². The first kappa shape index (κ1) is 17.2. The van der Waals surface area contributed by atoms with Gasteiger partial charge in [0.05, 0.1) is 12.2 Å². The number of amides is 1. The SMILES string of the molecule is CC(C)CCCCNC(=O)c1ncccc1C#CCCO. The van der Waals surface area contributed by atoms with Crippen LogP contribution < -0.4 is 5.32 Å². The number of nitrogens with one attached hydrogen (secondary N) is 1. The number of aliphatic hydroxyl groups excluding tert-OH is 1. The van der Waals surface area contributed by atoms with Gasteiger partial charge in [-0.1, -0.05) is 38.5 Å². The van der Waals surface area contributed by atoms with E-state index < -0.39 is 0 Å². The van der Waals surface area contributed by atoms with Gasteiger partial charge in [0.15, 0.2) is 0 Å². The lowest BCUT2D eigenvalue weighted by atomic mass is 10.1. The molecule has 0 fully saturated rings. The highest BCUT2D eigenvalue weighted by molar-refractivity contribution is 5.94. The maximum Gasteiger partial charge on any atom is 0.271 e. The molecular weight excluding hydrogens is 264 g/mol. The fourth-order valence-corrected chi connectivity index (χ4v) is 1.86. The molecule has 4 heteroatoms. The second kappa shape index (κ2) is 9.95. The molecular formula is C17H24N2O2. The molecule has 1 amide bonds. The normalized spacial score (nSPS) is 10.1. The van der Waals surface area contributed by atoms with Crippen molar-refractivity contribution in [1.82, 2.24) is 10.3 Å². The predicted molar refractivity (Wildman–Crippen MR) is 83.8 cm³/mol. The number of nitrogens with zero attached hydrogens (tertiary/aromatic N) is 1. The van der Waals surface area contributed by atoms with Crippen LogP contribution in [0.2, 0.25) is 0 Å². The van der Waals surface area contributed by atoms with Gasteiger partial charge in [-0.05, 0) is 24.5 Å². The molecule has 0 atom stereocenters. The Morgan fingerprint density at radius 1 is 1.43 bits per heavy atom. The highest BCUT2D eigenvalue weighted by Crippen LogP contribution is 2.06. The number of carbonyl (C=O) groups is 1. The zero-order chi connectivity index (χ0) is 15.5. The molecule has 4 nitrogen and oxygen atoms in total. The minimum Gasteiger partial charge on any atom is -0.395 e. The summed E-state index contributed by atoms with van der Waals surface area (Å²) in [5.41, 5.74) is 0.956. The summed E-state index contributed by atoms with van der Waals surface area (Å²) in [4.78, 5) is 16.2. The molecule has 21 heavy (non-hydrogen) atoms. The van der Waals surface area contributed by atoms with E-state index in [-0.39, 0.29) is 12.5 Å². The Labute approximate surface area is 127 Å². The Bertz CT molecular complexity index is 501. The topological polar surface area (TPSA) is 62.2 Å². The monoisotopic (exact) mass is 288 g/mol. The molecule has 1 rings (SSSR count). The maximum atomic E-state index is 12.1. The van der Waals surface area contributed by atoms with E-state index in [1.165, 1.54) is 6.42 Å².